The summed E-state index contributed by atoms with van der Waals surface area (Å²) in [6.45, 7) is 1.05. The molecule has 3 saturated carbocycles. The first-order valence-corrected chi connectivity index (χ1v) is 16.4. The first-order chi connectivity index (χ1) is 23.9. The second-order valence-electron chi connectivity index (χ2n) is 13.9. The third-order valence-corrected chi connectivity index (χ3v) is 11.4. The van der Waals surface area contributed by atoms with Gasteiger partial charge in [0.05, 0.1) is 29.8 Å². The van der Waals surface area contributed by atoms with Crippen molar-refractivity contribution in [3.63, 3.8) is 0 Å². The highest BCUT2D eigenvalue weighted by Crippen LogP contribution is 2.69. The number of hydrogen-bond donors (Lipinski definition) is 7. The summed E-state index contributed by atoms with van der Waals surface area (Å²) >= 11 is 0. The minimum Gasteiger partial charge on any atom is -0.480 e. The molecule has 51 heavy (non-hydrogen) atoms. The highest BCUT2D eigenvalue weighted by molar-refractivity contribution is 6.01. The lowest BCUT2D eigenvalue weighted by Gasteiger charge is -2.62. The second-order valence-corrected chi connectivity index (χ2v) is 13.9. The van der Waals surface area contributed by atoms with Crippen LogP contribution in [0, 0.1) is 22.7 Å². The lowest BCUT2D eigenvalue weighted by atomic mass is 9.44. The third-order valence-electron chi connectivity index (χ3n) is 11.4. The summed E-state index contributed by atoms with van der Waals surface area (Å²) in [4.78, 5) is 66.9. The summed E-state index contributed by atoms with van der Waals surface area (Å²) in [6.07, 6.45) is -0.611. The summed E-state index contributed by atoms with van der Waals surface area (Å²) < 4.78 is 27.2. The van der Waals surface area contributed by atoms with Crippen LogP contribution in [0.4, 0.5) is 9.18 Å². The van der Waals surface area contributed by atoms with Crippen molar-refractivity contribution in [2.45, 2.75) is 75.5 Å². The summed E-state index contributed by atoms with van der Waals surface area (Å²) in [7, 11) is 0. The Morgan fingerprint density at radius 2 is 1.75 bits per heavy atom. The molecule has 0 aliphatic heterocycles. The molecular weight excluding hydrogens is 679 g/mol. The highest BCUT2D eigenvalue weighted by atomic mass is 19.1. The predicted octanol–water partition coefficient (Wildman–Crippen LogP) is 1.22. The molecule has 16 nitrogen and oxygen atoms in total. The van der Waals surface area contributed by atoms with Gasteiger partial charge in [0.1, 0.15) is 6.61 Å². The van der Waals surface area contributed by atoms with E-state index in [0.29, 0.717) is 17.6 Å². The van der Waals surface area contributed by atoms with Crippen LogP contribution in [-0.4, -0.2) is 115 Å². The molecule has 4 aliphatic rings. The van der Waals surface area contributed by atoms with Crippen LogP contribution in [0.25, 0.3) is 0 Å². The maximum Gasteiger partial charge on any atom is 0.408 e. The molecule has 0 saturated heterocycles. The topological polar surface area (TPSA) is 250 Å². The number of aliphatic hydroxyl groups is 3. The van der Waals surface area contributed by atoms with Gasteiger partial charge in [0.2, 0.25) is 5.78 Å². The lowest BCUT2D eigenvalue weighted by molar-refractivity contribution is -0.492. The van der Waals surface area contributed by atoms with Gasteiger partial charge in [0.15, 0.2) is 29.7 Å². The molecule has 0 spiro atoms. The van der Waals surface area contributed by atoms with Crippen LogP contribution in [0.1, 0.15) is 55.5 Å². The highest BCUT2D eigenvalue weighted by Gasteiger charge is 2.76. The standard InChI is InChI=1S/C34H41FN2O14/c1-31-11-9-21(38)13-20(31)7-8-22-23-14-25(39)34(46,32(23,2)15-26(40)33(22,31)35)27(41)17-50-30(45)36-24(28(42)43)16-49-29(44)19-5-3-18(4-6-19)10-12-51-37(47)48/h3-6,9,11,13,22-26,39-40,46-48H,7-8,10,12,14-17H2,1-2H3,(H,36,45)(H,42,43)/t22-,23-,24?,25+,26-,31-,32-,33-,34-/m0/s1. The molecule has 3 fully saturated rings. The van der Waals surface area contributed by atoms with E-state index in [-0.39, 0.29) is 37.2 Å². The number of esters is 1. The van der Waals surface area contributed by atoms with E-state index in [0.717, 1.165) is 0 Å². The average Bonchev–Trinajstić information content (AvgIpc) is 3.27. The number of amides is 1. The van der Waals surface area contributed by atoms with Crippen LogP contribution in [0.15, 0.2) is 48.1 Å². The molecule has 0 bridgehead atoms. The SMILES string of the molecule is C[C@]12C=CC(=O)C=C1CC[C@H]1[C@@H]3C[C@@H](O)[C@](O)(C(=O)COC(=O)NC(COC(=O)c4ccc(CCON(O)O)cc4)C(=O)O)[C@@]3(C)C[C@H](O)[C@@]12F. The Balaban J connectivity index is 1.20. The zero-order valence-corrected chi connectivity index (χ0v) is 27.9. The van der Waals surface area contributed by atoms with Crippen molar-refractivity contribution in [3.05, 3.63) is 59.2 Å². The van der Waals surface area contributed by atoms with Gasteiger partial charge in [-0.1, -0.05) is 30.7 Å². The Bertz CT molecular complexity index is 1630. The zero-order valence-electron chi connectivity index (χ0n) is 27.9. The van der Waals surface area contributed by atoms with E-state index in [4.69, 9.17) is 19.9 Å². The molecule has 278 valence electrons. The number of ketones is 2. The van der Waals surface area contributed by atoms with Crippen molar-refractivity contribution in [1.29, 1.82) is 0 Å². The minimum absolute atomic E-state index is 0.0421. The van der Waals surface area contributed by atoms with Crippen LogP contribution < -0.4 is 5.32 Å². The quantitative estimate of drug-likeness (QED) is 0.118. The fraction of sp³-hybridized carbons (Fsp3) is 0.559. The number of halogens is 1. The number of hydrogen-bond acceptors (Lipinski definition) is 14. The maximum atomic E-state index is 17.3. The first kappa shape index (κ1) is 38.1. The Morgan fingerprint density at radius 3 is 2.39 bits per heavy atom. The molecule has 7 N–H and O–H groups in total. The molecule has 0 heterocycles. The van der Waals surface area contributed by atoms with Gasteiger partial charge in [-0.25, -0.2) is 18.8 Å². The largest absolute Gasteiger partial charge is 0.480 e. The molecule has 0 aromatic heterocycles. The molecule has 17 heteroatoms. The monoisotopic (exact) mass is 720 g/mol. The second kappa shape index (κ2) is 14.1. The zero-order chi connectivity index (χ0) is 37.5. The van der Waals surface area contributed by atoms with Crippen molar-refractivity contribution in [2.75, 3.05) is 19.8 Å². The van der Waals surface area contributed by atoms with Crippen molar-refractivity contribution in [2.24, 2.45) is 22.7 Å². The van der Waals surface area contributed by atoms with Crippen LogP contribution >= 0.6 is 0 Å². The summed E-state index contributed by atoms with van der Waals surface area (Å²) in [5, 5.41) is 62.6. The Morgan fingerprint density at radius 1 is 1.06 bits per heavy atom. The number of nitrogens with one attached hydrogen (secondary N) is 1. The fourth-order valence-corrected chi connectivity index (χ4v) is 8.62. The molecule has 5 rings (SSSR count). The molecule has 1 unspecified atom stereocenters. The molecule has 1 aromatic rings. The van der Waals surface area contributed by atoms with Gasteiger partial charge in [-0.3, -0.25) is 24.8 Å². The number of alkyl carbamates (subject to hydrolysis) is 1. The number of carbonyl (C=O) groups is 5. The number of benzene rings is 1. The smallest absolute Gasteiger partial charge is 0.408 e. The summed E-state index contributed by atoms with van der Waals surface area (Å²) in [5.74, 6) is -5.66. The Labute approximate surface area is 290 Å². The number of Topliss-reactive ketones (excluding diaryl/α,β-unsaturated/α-hetero) is 1. The van der Waals surface area contributed by atoms with Gasteiger partial charge in [-0.15, -0.1) is 0 Å². The summed E-state index contributed by atoms with van der Waals surface area (Å²) in [5.41, 5.74) is -6.49. The normalized spacial score (nSPS) is 34.5. The lowest BCUT2D eigenvalue weighted by Crippen LogP contribution is -2.69. The maximum absolute atomic E-state index is 17.3. The van der Waals surface area contributed by atoms with Crippen molar-refractivity contribution in [1.82, 2.24) is 10.7 Å². The van der Waals surface area contributed by atoms with Crippen LogP contribution in [0.3, 0.4) is 0 Å². The number of allylic oxidation sites excluding steroid dienone is 4. The van der Waals surface area contributed by atoms with E-state index in [1.165, 1.54) is 49.4 Å². The number of carboxylic acids is 1. The van der Waals surface area contributed by atoms with Crippen LogP contribution in [0.5, 0.6) is 0 Å². The van der Waals surface area contributed by atoms with E-state index < -0.39 is 101 Å². The molecular formula is C34H41FN2O14. The van der Waals surface area contributed by atoms with Crippen LogP contribution in [0.2, 0.25) is 0 Å². The molecule has 1 aromatic carbocycles. The van der Waals surface area contributed by atoms with E-state index in [9.17, 15) is 44.4 Å². The molecule has 1 amide bonds. The van der Waals surface area contributed by atoms with Gasteiger partial charge < -0.3 is 35.2 Å². The molecule has 0 radical (unpaired) electrons. The van der Waals surface area contributed by atoms with Gasteiger partial charge in [-0.05, 0) is 74.8 Å². The molecule has 9 atom stereocenters. The Kier molecular flexibility index (Phi) is 10.6. The van der Waals surface area contributed by atoms with Gasteiger partial charge in [0.25, 0.3) is 0 Å². The minimum atomic E-state index is -2.57. The van der Waals surface area contributed by atoms with E-state index in [1.54, 1.807) is 6.92 Å². The number of carbonyl (C=O) groups excluding carboxylic acids is 4. The average molecular weight is 721 g/mol. The summed E-state index contributed by atoms with van der Waals surface area (Å²) in [6, 6.07) is 4.00. The number of aliphatic carboxylic acids is 1. The van der Waals surface area contributed by atoms with E-state index in [1.807, 2.05) is 5.32 Å². The number of ether oxygens (including phenoxy) is 2. The van der Waals surface area contributed by atoms with E-state index >= 15 is 4.39 Å². The number of carboxylic acid groups (broad SMARTS) is 1. The third kappa shape index (κ3) is 6.59. The molecule has 4 aliphatic carbocycles. The number of nitrogens with zero attached hydrogens (tertiary/aromatic N) is 1. The van der Waals surface area contributed by atoms with Gasteiger partial charge >= 0.3 is 18.0 Å². The van der Waals surface area contributed by atoms with Crippen molar-refractivity contribution in [3.8, 4) is 0 Å². The van der Waals surface area contributed by atoms with Gasteiger partial charge in [-0.2, -0.15) is 0 Å². The van der Waals surface area contributed by atoms with Crippen molar-refractivity contribution >= 4 is 29.6 Å². The number of rotatable bonds is 12. The first-order valence-electron chi connectivity index (χ1n) is 16.4. The van der Waals surface area contributed by atoms with Gasteiger partial charge in [0, 0.05) is 16.7 Å². The number of aliphatic hydroxyl groups excluding tert-OH is 2. The van der Waals surface area contributed by atoms with E-state index in [2.05, 4.69) is 4.84 Å². The predicted molar refractivity (Wildman–Crippen MR) is 167 cm³/mol. The van der Waals surface area contributed by atoms with Crippen molar-refractivity contribution < 1.29 is 73.5 Å². The fourth-order valence-electron chi connectivity index (χ4n) is 8.62. The Hall–Kier alpha value is -4.10. The number of fused-ring (bicyclic) bond motifs is 5. The van der Waals surface area contributed by atoms with Crippen LogP contribution in [-0.2, 0) is 35.1 Å². The number of alkyl halides is 1.